The molecule has 0 aliphatic heterocycles. The monoisotopic (exact) mass is 253 g/mol. The molecule has 96 valence electrons. The normalized spacial score (nSPS) is 12.7. The number of aryl methyl sites for hydroxylation is 1. The van der Waals surface area contributed by atoms with Crippen molar-refractivity contribution in [2.24, 2.45) is 5.73 Å². The minimum absolute atomic E-state index is 0.139. The van der Waals surface area contributed by atoms with Crippen molar-refractivity contribution in [1.82, 2.24) is 19.6 Å². The van der Waals surface area contributed by atoms with Crippen LogP contribution < -0.4 is 5.73 Å². The third-order valence-electron chi connectivity index (χ3n) is 3.16. The molecule has 0 aliphatic carbocycles. The quantitative estimate of drug-likeness (QED) is 0.769. The van der Waals surface area contributed by atoms with Gasteiger partial charge in [0.05, 0.1) is 6.04 Å². The second-order valence-corrected chi connectivity index (χ2v) is 4.50. The van der Waals surface area contributed by atoms with E-state index in [1.807, 2.05) is 28.7 Å². The highest BCUT2D eigenvalue weighted by Crippen LogP contribution is 2.15. The first kappa shape index (κ1) is 11.8. The lowest BCUT2D eigenvalue weighted by Crippen LogP contribution is -2.15. The maximum atomic E-state index is 6.20. The summed E-state index contributed by atoms with van der Waals surface area (Å²) in [4.78, 5) is 4.07. The highest BCUT2D eigenvalue weighted by Gasteiger charge is 2.13. The lowest BCUT2D eigenvalue weighted by Gasteiger charge is -2.09. The molecule has 1 unspecified atom stereocenters. The third kappa shape index (κ3) is 2.46. The van der Waals surface area contributed by atoms with E-state index in [1.54, 1.807) is 12.5 Å². The van der Waals surface area contributed by atoms with E-state index in [0.717, 1.165) is 24.3 Å². The van der Waals surface area contributed by atoms with Crippen molar-refractivity contribution in [1.29, 1.82) is 0 Å². The van der Waals surface area contributed by atoms with Crippen LogP contribution in [0, 0.1) is 0 Å². The van der Waals surface area contributed by atoms with E-state index in [9.17, 15) is 0 Å². The molecule has 3 aromatic rings. The molecule has 3 rings (SSSR count). The van der Waals surface area contributed by atoms with E-state index in [-0.39, 0.29) is 6.04 Å². The zero-order valence-electron chi connectivity index (χ0n) is 10.5. The van der Waals surface area contributed by atoms with E-state index in [1.165, 1.54) is 5.56 Å². The predicted molar refractivity (Wildman–Crippen MR) is 72.5 cm³/mol. The zero-order valence-corrected chi connectivity index (χ0v) is 10.5. The Hall–Kier alpha value is -2.27. The van der Waals surface area contributed by atoms with Crippen LogP contribution in [-0.4, -0.2) is 19.6 Å². The van der Waals surface area contributed by atoms with Gasteiger partial charge in [-0.1, -0.05) is 30.3 Å². The van der Waals surface area contributed by atoms with E-state index in [0.29, 0.717) is 0 Å². The second kappa shape index (κ2) is 5.16. The van der Waals surface area contributed by atoms with Crippen molar-refractivity contribution >= 4 is 5.65 Å². The van der Waals surface area contributed by atoms with Crippen molar-refractivity contribution in [2.45, 2.75) is 18.9 Å². The van der Waals surface area contributed by atoms with Crippen LogP contribution in [0.3, 0.4) is 0 Å². The molecule has 0 aliphatic rings. The molecule has 0 saturated carbocycles. The summed E-state index contributed by atoms with van der Waals surface area (Å²) in [6.07, 6.45) is 5.16. The van der Waals surface area contributed by atoms with Crippen LogP contribution in [-0.2, 0) is 6.42 Å². The summed E-state index contributed by atoms with van der Waals surface area (Å²) in [7, 11) is 0. The predicted octanol–water partition coefficient (Wildman–Crippen LogP) is 1.76. The summed E-state index contributed by atoms with van der Waals surface area (Å²) >= 11 is 0. The Balaban J connectivity index is 1.75. The van der Waals surface area contributed by atoms with Gasteiger partial charge in [-0.05, 0) is 18.4 Å². The molecular formula is C14H15N5. The van der Waals surface area contributed by atoms with Gasteiger partial charge < -0.3 is 5.73 Å². The molecule has 2 N–H and O–H groups in total. The van der Waals surface area contributed by atoms with Crippen LogP contribution in [0.15, 0.2) is 48.9 Å². The molecule has 2 aromatic heterocycles. The number of rotatable bonds is 4. The Morgan fingerprint density at radius 3 is 2.79 bits per heavy atom. The second-order valence-electron chi connectivity index (χ2n) is 4.50. The molecule has 0 fully saturated rings. The molecule has 1 atom stereocenters. The summed E-state index contributed by atoms with van der Waals surface area (Å²) in [6.45, 7) is 0. The lowest BCUT2D eigenvalue weighted by atomic mass is 10.1. The summed E-state index contributed by atoms with van der Waals surface area (Å²) in [5, 5.41) is 8.24. The van der Waals surface area contributed by atoms with Gasteiger partial charge in [0.25, 0.3) is 0 Å². The van der Waals surface area contributed by atoms with Crippen molar-refractivity contribution in [3.8, 4) is 0 Å². The van der Waals surface area contributed by atoms with Crippen LogP contribution in [0.1, 0.15) is 23.9 Å². The van der Waals surface area contributed by atoms with Gasteiger partial charge in [-0.25, -0.2) is 4.98 Å². The molecule has 19 heavy (non-hydrogen) atoms. The number of aromatic nitrogens is 4. The fourth-order valence-corrected chi connectivity index (χ4v) is 2.11. The number of hydrogen-bond acceptors (Lipinski definition) is 4. The third-order valence-corrected chi connectivity index (χ3v) is 3.16. The summed E-state index contributed by atoms with van der Waals surface area (Å²) in [6, 6.07) is 12.0. The Kier molecular flexibility index (Phi) is 3.20. The van der Waals surface area contributed by atoms with Gasteiger partial charge in [-0.3, -0.25) is 4.40 Å². The minimum Gasteiger partial charge on any atom is -0.321 e. The van der Waals surface area contributed by atoms with Gasteiger partial charge in [0, 0.05) is 12.3 Å². The first-order chi connectivity index (χ1) is 9.34. The van der Waals surface area contributed by atoms with Crippen LogP contribution in [0.25, 0.3) is 5.65 Å². The molecule has 0 spiro atoms. The van der Waals surface area contributed by atoms with Crippen LogP contribution in [0.4, 0.5) is 0 Å². The van der Waals surface area contributed by atoms with Crippen molar-refractivity contribution < 1.29 is 0 Å². The SMILES string of the molecule is NC(CCc1ccccc1)c1nnc2ccncn12. The number of fused-ring (bicyclic) bond motifs is 1. The average molecular weight is 253 g/mol. The van der Waals surface area contributed by atoms with Crippen molar-refractivity contribution in [3.63, 3.8) is 0 Å². The smallest absolute Gasteiger partial charge is 0.163 e. The van der Waals surface area contributed by atoms with Crippen LogP contribution >= 0.6 is 0 Å². The molecule has 0 saturated heterocycles. The maximum absolute atomic E-state index is 6.20. The van der Waals surface area contributed by atoms with E-state index in [2.05, 4.69) is 27.3 Å². The Labute approximate surface area is 111 Å². The molecule has 5 heteroatoms. The summed E-state index contributed by atoms with van der Waals surface area (Å²) < 4.78 is 1.84. The fourth-order valence-electron chi connectivity index (χ4n) is 2.11. The molecular weight excluding hydrogens is 238 g/mol. The van der Waals surface area contributed by atoms with Gasteiger partial charge in [-0.15, -0.1) is 10.2 Å². The Morgan fingerprint density at radius 1 is 1.11 bits per heavy atom. The molecule has 0 bridgehead atoms. The summed E-state index contributed by atoms with van der Waals surface area (Å²) in [5.41, 5.74) is 8.26. The first-order valence-corrected chi connectivity index (χ1v) is 6.29. The zero-order chi connectivity index (χ0) is 13.1. The van der Waals surface area contributed by atoms with E-state index < -0.39 is 0 Å². The van der Waals surface area contributed by atoms with Gasteiger partial charge in [0.1, 0.15) is 6.33 Å². The standard InChI is InChI=1S/C14H15N5/c15-12(7-6-11-4-2-1-3-5-11)14-18-17-13-8-9-16-10-19(13)14/h1-5,8-10,12H,6-7,15H2. The average Bonchev–Trinajstić information content (AvgIpc) is 2.90. The number of benzene rings is 1. The van der Waals surface area contributed by atoms with Gasteiger partial charge in [0.15, 0.2) is 11.5 Å². The highest BCUT2D eigenvalue weighted by molar-refractivity contribution is 5.35. The van der Waals surface area contributed by atoms with Crippen molar-refractivity contribution in [3.05, 3.63) is 60.3 Å². The first-order valence-electron chi connectivity index (χ1n) is 6.29. The number of nitrogens with zero attached hydrogens (tertiary/aromatic N) is 4. The van der Waals surface area contributed by atoms with E-state index >= 15 is 0 Å². The van der Waals surface area contributed by atoms with Crippen LogP contribution in [0.2, 0.25) is 0 Å². The molecule has 0 radical (unpaired) electrons. The minimum atomic E-state index is -0.139. The number of hydrogen-bond donors (Lipinski definition) is 1. The Bertz CT molecular complexity index is 662. The van der Waals surface area contributed by atoms with Gasteiger partial charge >= 0.3 is 0 Å². The lowest BCUT2D eigenvalue weighted by molar-refractivity contribution is 0.604. The number of nitrogens with two attached hydrogens (primary N) is 1. The maximum Gasteiger partial charge on any atom is 0.163 e. The fraction of sp³-hybridized carbons (Fsp3) is 0.214. The Morgan fingerprint density at radius 2 is 1.95 bits per heavy atom. The topological polar surface area (TPSA) is 69.1 Å². The largest absolute Gasteiger partial charge is 0.321 e. The summed E-state index contributed by atoms with van der Waals surface area (Å²) in [5.74, 6) is 0.763. The van der Waals surface area contributed by atoms with Crippen LogP contribution in [0.5, 0.6) is 0 Å². The van der Waals surface area contributed by atoms with Crippen molar-refractivity contribution in [2.75, 3.05) is 0 Å². The highest BCUT2D eigenvalue weighted by atomic mass is 15.3. The molecule has 2 heterocycles. The molecule has 0 amide bonds. The molecule has 1 aromatic carbocycles. The van der Waals surface area contributed by atoms with E-state index in [4.69, 9.17) is 5.73 Å². The van der Waals surface area contributed by atoms with Gasteiger partial charge in [-0.2, -0.15) is 0 Å². The molecule has 5 nitrogen and oxygen atoms in total. The van der Waals surface area contributed by atoms with Gasteiger partial charge in [0.2, 0.25) is 0 Å².